The van der Waals surface area contributed by atoms with Crippen molar-refractivity contribution in [2.45, 2.75) is 0 Å². The van der Waals surface area contributed by atoms with Crippen LogP contribution in [0.5, 0.6) is 11.5 Å². The molecule has 122 valence electrons. The average molecular weight is 336 g/mol. The summed E-state index contributed by atoms with van der Waals surface area (Å²) in [4.78, 5) is 0. The maximum atomic E-state index is 9.08. The van der Waals surface area contributed by atoms with E-state index in [1.54, 1.807) is 24.6 Å². The third-order valence-electron chi connectivity index (χ3n) is 4.34. The molecule has 0 fully saturated rings. The van der Waals surface area contributed by atoms with Crippen LogP contribution in [0.1, 0.15) is 0 Å². The van der Waals surface area contributed by atoms with Gasteiger partial charge in [0, 0.05) is 10.9 Å². The fourth-order valence-corrected chi connectivity index (χ4v) is 3.31. The molecule has 0 unspecified atom stereocenters. The second kappa shape index (κ2) is 6.47. The summed E-state index contributed by atoms with van der Waals surface area (Å²) in [6, 6.07) is 23.0. The monoisotopic (exact) mass is 336 g/mol. The number of fused-ring (bicyclic) bond motifs is 2. The minimum atomic E-state index is 0.463. The molecule has 26 heavy (non-hydrogen) atoms. The van der Waals surface area contributed by atoms with Gasteiger partial charge in [0.15, 0.2) is 11.5 Å². The molecule has 0 aromatic heterocycles. The largest absolute Gasteiger partial charge is 0.387 e. The molecule has 0 saturated carbocycles. The van der Waals surface area contributed by atoms with E-state index in [9.17, 15) is 0 Å². The van der Waals surface area contributed by atoms with Crippen molar-refractivity contribution in [3.05, 3.63) is 72.8 Å². The highest BCUT2D eigenvalue weighted by Crippen LogP contribution is 2.43. The molecule has 4 nitrogen and oxygen atoms in total. The van der Waals surface area contributed by atoms with Crippen LogP contribution < -0.4 is 9.47 Å². The molecule has 0 saturated heterocycles. The molecule has 4 heteroatoms. The van der Waals surface area contributed by atoms with Crippen molar-refractivity contribution in [1.29, 1.82) is 10.5 Å². The van der Waals surface area contributed by atoms with Crippen LogP contribution in [0.15, 0.2) is 72.8 Å². The van der Waals surface area contributed by atoms with E-state index in [1.165, 1.54) is 0 Å². The molecule has 0 heterocycles. The molecule has 4 rings (SSSR count). The normalized spacial score (nSPS) is 10.2. The Morgan fingerprint density at radius 2 is 1.31 bits per heavy atom. The maximum absolute atomic E-state index is 9.08. The lowest BCUT2D eigenvalue weighted by Crippen LogP contribution is -1.92. The zero-order valence-corrected chi connectivity index (χ0v) is 13.6. The molecule has 0 aliphatic rings. The lowest BCUT2D eigenvalue weighted by molar-refractivity contribution is 0.509. The van der Waals surface area contributed by atoms with Gasteiger partial charge in [-0.25, -0.2) is 0 Å². The highest BCUT2D eigenvalue weighted by atomic mass is 16.5. The summed E-state index contributed by atoms with van der Waals surface area (Å²) >= 11 is 0. The van der Waals surface area contributed by atoms with Gasteiger partial charge in [-0.3, -0.25) is 0 Å². The van der Waals surface area contributed by atoms with Crippen molar-refractivity contribution < 1.29 is 9.47 Å². The first-order valence-corrected chi connectivity index (χ1v) is 7.99. The van der Waals surface area contributed by atoms with Gasteiger partial charge in [0.25, 0.3) is 12.5 Å². The molecule has 0 radical (unpaired) electrons. The first kappa shape index (κ1) is 15.5. The van der Waals surface area contributed by atoms with Gasteiger partial charge in [0.2, 0.25) is 0 Å². The third kappa shape index (κ3) is 2.47. The zero-order valence-electron chi connectivity index (χ0n) is 13.6. The van der Waals surface area contributed by atoms with Crippen molar-refractivity contribution >= 4 is 21.5 Å². The second-order valence-electron chi connectivity index (χ2n) is 5.71. The quantitative estimate of drug-likeness (QED) is 0.471. The number of hydrogen-bond donors (Lipinski definition) is 0. The van der Waals surface area contributed by atoms with Gasteiger partial charge < -0.3 is 9.47 Å². The minimum absolute atomic E-state index is 0.463. The van der Waals surface area contributed by atoms with Crippen LogP contribution >= 0.6 is 0 Å². The van der Waals surface area contributed by atoms with Crippen LogP contribution in [0.3, 0.4) is 0 Å². The Morgan fingerprint density at radius 1 is 0.615 bits per heavy atom. The summed E-state index contributed by atoms with van der Waals surface area (Å²) in [6.07, 6.45) is 3.51. The van der Waals surface area contributed by atoms with Crippen molar-refractivity contribution in [2.75, 3.05) is 0 Å². The lowest BCUT2D eigenvalue weighted by atomic mass is 9.92. The first-order chi connectivity index (χ1) is 12.8. The molecule has 0 aliphatic heterocycles. The van der Waals surface area contributed by atoms with Crippen LogP contribution in [0.25, 0.3) is 32.7 Å². The molecular weight excluding hydrogens is 324 g/mol. The van der Waals surface area contributed by atoms with Crippen LogP contribution in [-0.2, 0) is 0 Å². The fraction of sp³-hybridized carbons (Fsp3) is 0. The molecule has 0 amide bonds. The highest BCUT2D eigenvalue weighted by molar-refractivity contribution is 6.09. The summed E-state index contributed by atoms with van der Waals surface area (Å²) in [7, 11) is 0. The van der Waals surface area contributed by atoms with Crippen molar-refractivity contribution in [3.63, 3.8) is 0 Å². The molecule has 0 atom stereocenters. The Hall–Kier alpha value is -4.02. The Labute approximate surface area is 150 Å². The SMILES string of the molecule is N#COc1ccc2ccccc2c1-c1cccc2cccc(OC#N)c12. The minimum Gasteiger partial charge on any atom is -0.387 e. The molecule has 0 N–H and O–H groups in total. The van der Waals surface area contributed by atoms with Gasteiger partial charge in [-0.05, 0) is 33.9 Å². The Balaban J connectivity index is 2.16. The van der Waals surface area contributed by atoms with Gasteiger partial charge >= 0.3 is 0 Å². The van der Waals surface area contributed by atoms with E-state index in [0.717, 1.165) is 32.7 Å². The fourth-order valence-electron chi connectivity index (χ4n) is 3.31. The Kier molecular flexibility index (Phi) is 3.86. The second-order valence-corrected chi connectivity index (χ2v) is 5.71. The van der Waals surface area contributed by atoms with Crippen LogP contribution in [-0.4, -0.2) is 0 Å². The van der Waals surface area contributed by atoms with E-state index in [0.29, 0.717) is 11.5 Å². The maximum Gasteiger partial charge on any atom is 0.292 e. The number of ether oxygens (including phenoxy) is 2. The average Bonchev–Trinajstić information content (AvgIpc) is 2.68. The number of benzene rings is 4. The predicted molar refractivity (Wildman–Crippen MR) is 99.4 cm³/mol. The summed E-state index contributed by atoms with van der Waals surface area (Å²) in [5, 5.41) is 21.8. The van der Waals surface area contributed by atoms with Crippen molar-refractivity contribution in [2.24, 2.45) is 0 Å². The molecule has 0 spiro atoms. The van der Waals surface area contributed by atoms with Crippen LogP contribution in [0.4, 0.5) is 0 Å². The third-order valence-corrected chi connectivity index (χ3v) is 4.34. The van der Waals surface area contributed by atoms with E-state index in [2.05, 4.69) is 0 Å². The Morgan fingerprint density at radius 3 is 2.12 bits per heavy atom. The van der Waals surface area contributed by atoms with E-state index in [-0.39, 0.29) is 0 Å². The molecular formula is C22H12N2O2. The smallest absolute Gasteiger partial charge is 0.292 e. The highest BCUT2D eigenvalue weighted by Gasteiger charge is 2.16. The molecule has 4 aromatic carbocycles. The summed E-state index contributed by atoms with van der Waals surface area (Å²) < 4.78 is 10.4. The first-order valence-electron chi connectivity index (χ1n) is 7.99. The number of nitriles is 2. The topological polar surface area (TPSA) is 66.0 Å². The van der Waals surface area contributed by atoms with Gasteiger partial charge in [-0.1, -0.05) is 60.7 Å². The van der Waals surface area contributed by atoms with Gasteiger partial charge in [-0.15, -0.1) is 10.5 Å². The standard InChI is InChI=1S/C22H12N2O2/c23-13-25-19-10-4-7-16-6-3-9-18(21(16)19)22-17-8-2-1-5-15(17)11-12-20(22)26-14-24/h1-12H. The summed E-state index contributed by atoms with van der Waals surface area (Å²) in [6.45, 7) is 0. The van der Waals surface area contributed by atoms with E-state index in [1.807, 2.05) is 60.7 Å². The number of hydrogen-bond acceptors (Lipinski definition) is 4. The van der Waals surface area contributed by atoms with Gasteiger partial charge in [0.1, 0.15) is 0 Å². The predicted octanol–water partition coefficient (Wildman–Crippen LogP) is 5.38. The number of rotatable bonds is 3. The van der Waals surface area contributed by atoms with E-state index in [4.69, 9.17) is 20.0 Å². The molecule has 4 aromatic rings. The van der Waals surface area contributed by atoms with Crippen molar-refractivity contribution in [1.82, 2.24) is 0 Å². The van der Waals surface area contributed by atoms with E-state index < -0.39 is 0 Å². The van der Waals surface area contributed by atoms with E-state index >= 15 is 0 Å². The van der Waals surface area contributed by atoms with Gasteiger partial charge in [0.05, 0.1) is 0 Å². The van der Waals surface area contributed by atoms with Crippen LogP contribution in [0, 0.1) is 23.0 Å². The van der Waals surface area contributed by atoms with Crippen molar-refractivity contribution in [3.8, 4) is 35.1 Å². The summed E-state index contributed by atoms with van der Waals surface area (Å²) in [5.74, 6) is 0.932. The molecule has 0 bridgehead atoms. The Bertz CT molecular complexity index is 1210. The van der Waals surface area contributed by atoms with Gasteiger partial charge in [-0.2, -0.15) is 0 Å². The lowest BCUT2D eigenvalue weighted by Gasteiger charge is -2.14. The molecule has 0 aliphatic carbocycles. The number of nitrogens with zero attached hydrogens (tertiary/aromatic N) is 2. The van der Waals surface area contributed by atoms with Crippen LogP contribution in [0.2, 0.25) is 0 Å². The zero-order chi connectivity index (χ0) is 17.9. The summed E-state index contributed by atoms with van der Waals surface area (Å²) in [5.41, 5.74) is 1.64.